The Bertz CT molecular complexity index is 1250. The molecule has 6 nitrogen and oxygen atoms in total. The Morgan fingerprint density at radius 2 is 1.59 bits per heavy atom. The fraction of sp³-hybridized carbons (Fsp3) is 0.136. The SMILES string of the molecule is O=C(NNc1ccc(Cl)cn1)c1cc(NC(=O)C2C(c3cc(Cl)cc(Cl)c3)C2(Cl)Cl)ccc1Cl. The number of alkyl halides is 2. The van der Waals surface area contributed by atoms with Crippen LogP contribution in [0.25, 0.3) is 0 Å². The molecule has 2 aromatic carbocycles. The standard InChI is InChI=1S/C22H14Cl6N4O2/c23-11-1-4-17(29-9-11)31-32-20(33)15-8-14(2-3-16(15)26)30-21(34)19-18(22(19,27)28)10-5-12(24)7-13(25)6-10/h1-9,18-19H,(H,29,31)(H,30,34)(H,32,33). The molecule has 4 rings (SSSR count). The van der Waals surface area contributed by atoms with Crippen LogP contribution in [0.3, 0.4) is 0 Å². The molecule has 1 aromatic heterocycles. The second kappa shape index (κ2) is 9.97. The van der Waals surface area contributed by atoms with Crippen LogP contribution in [0.1, 0.15) is 21.8 Å². The molecule has 2 amide bonds. The number of amides is 2. The lowest BCUT2D eigenvalue weighted by atomic mass is 10.1. The van der Waals surface area contributed by atoms with Gasteiger partial charge in [-0.05, 0) is 54.1 Å². The van der Waals surface area contributed by atoms with E-state index in [2.05, 4.69) is 21.2 Å². The number of carbonyl (C=O) groups is 2. The third-order valence-corrected chi connectivity index (χ3v) is 7.02. The van der Waals surface area contributed by atoms with E-state index in [9.17, 15) is 9.59 Å². The highest BCUT2D eigenvalue weighted by Gasteiger charge is 2.67. The van der Waals surface area contributed by atoms with Gasteiger partial charge in [0.15, 0.2) is 0 Å². The van der Waals surface area contributed by atoms with Crippen molar-refractivity contribution in [3.05, 3.63) is 85.9 Å². The molecule has 2 atom stereocenters. The molecular weight excluding hydrogens is 565 g/mol. The number of carbonyl (C=O) groups excluding carboxylic acids is 2. The van der Waals surface area contributed by atoms with Gasteiger partial charge in [-0.1, -0.05) is 46.4 Å². The zero-order valence-electron chi connectivity index (χ0n) is 16.9. The maximum atomic E-state index is 12.9. The van der Waals surface area contributed by atoms with Crippen molar-refractivity contribution in [3.63, 3.8) is 0 Å². The molecule has 1 aliphatic rings. The van der Waals surface area contributed by atoms with Crippen molar-refractivity contribution in [3.8, 4) is 0 Å². The van der Waals surface area contributed by atoms with Crippen molar-refractivity contribution >= 4 is 92.9 Å². The molecule has 0 aliphatic heterocycles. The van der Waals surface area contributed by atoms with Crippen LogP contribution in [-0.4, -0.2) is 21.1 Å². The zero-order valence-corrected chi connectivity index (χ0v) is 21.4. The number of benzene rings is 2. The Balaban J connectivity index is 1.45. The minimum atomic E-state index is -1.33. The number of nitrogens with zero attached hydrogens (tertiary/aromatic N) is 1. The maximum Gasteiger partial charge on any atom is 0.271 e. The third kappa shape index (κ3) is 5.48. The summed E-state index contributed by atoms with van der Waals surface area (Å²) in [5, 5.41) is 4.19. The van der Waals surface area contributed by atoms with Crippen LogP contribution >= 0.6 is 69.6 Å². The van der Waals surface area contributed by atoms with Crippen LogP contribution in [-0.2, 0) is 4.79 Å². The number of hydrogen-bond acceptors (Lipinski definition) is 4. The Morgan fingerprint density at radius 3 is 2.24 bits per heavy atom. The largest absolute Gasteiger partial charge is 0.326 e. The zero-order chi connectivity index (χ0) is 24.6. The van der Waals surface area contributed by atoms with Gasteiger partial charge in [0, 0.05) is 27.8 Å². The van der Waals surface area contributed by atoms with Crippen molar-refractivity contribution in [2.24, 2.45) is 5.92 Å². The van der Waals surface area contributed by atoms with Gasteiger partial charge >= 0.3 is 0 Å². The van der Waals surface area contributed by atoms with Gasteiger partial charge in [-0.25, -0.2) is 4.98 Å². The first-order chi connectivity index (χ1) is 16.1. The first kappa shape index (κ1) is 25.2. The van der Waals surface area contributed by atoms with E-state index < -0.39 is 28.0 Å². The molecular formula is C22H14Cl6N4O2. The molecule has 2 unspecified atom stereocenters. The molecule has 1 aliphatic carbocycles. The molecule has 1 heterocycles. The van der Waals surface area contributed by atoms with Crippen molar-refractivity contribution in [2.45, 2.75) is 10.3 Å². The average molecular weight is 579 g/mol. The van der Waals surface area contributed by atoms with Gasteiger partial charge in [-0.2, -0.15) is 0 Å². The molecule has 0 radical (unpaired) electrons. The van der Waals surface area contributed by atoms with Gasteiger partial charge in [0.1, 0.15) is 10.2 Å². The van der Waals surface area contributed by atoms with Gasteiger partial charge in [0.2, 0.25) is 5.91 Å². The summed E-state index contributed by atoms with van der Waals surface area (Å²) < 4.78 is -1.33. The van der Waals surface area contributed by atoms with Crippen molar-refractivity contribution < 1.29 is 9.59 Å². The second-order valence-corrected chi connectivity index (χ2v) is 10.6. The smallest absolute Gasteiger partial charge is 0.271 e. The fourth-order valence-corrected chi connectivity index (χ4v) is 5.14. The van der Waals surface area contributed by atoms with Crippen molar-refractivity contribution in [1.82, 2.24) is 10.4 Å². The molecule has 34 heavy (non-hydrogen) atoms. The van der Waals surface area contributed by atoms with Gasteiger partial charge in [-0.15, -0.1) is 23.2 Å². The molecule has 0 saturated heterocycles. The number of anilines is 2. The topological polar surface area (TPSA) is 83.1 Å². The van der Waals surface area contributed by atoms with E-state index in [1.807, 2.05) is 0 Å². The molecule has 12 heteroatoms. The first-order valence-electron chi connectivity index (χ1n) is 9.68. The molecule has 0 bridgehead atoms. The normalized spacial score (nSPS) is 18.2. The quantitative estimate of drug-likeness (QED) is 0.218. The summed E-state index contributed by atoms with van der Waals surface area (Å²) in [4.78, 5) is 29.6. The third-order valence-electron chi connectivity index (χ3n) is 5.09. The van der Waals surface area contributed by atoms with Crippen LogP contribution in [0.2, 0.25) is 20.1 Å². The van der Waals surface area contributed by atoms with Gasteiger partial charge < -0.3 is 5.32 Å². The highest BCUT2D eigenvalue weighted by molar-refractivity contribution is 6.53. The number of aromatic nitrogens is 1. The summed E-state index contributed by atoms with van der Waals surface area (Å²) in [6.45, 7) is 0. The van der Waals surface area contributed by atoms with Crippen molar-refractivity contribution in [2.75, 3.05) is 10.7 Å². The van der Waals surface area contributed by atoms with Crippen LogP contribution in [0.4, 0.5) is 11.5 Å². The predicted molar refractivity (Wildman–Crippen MR) is 138 cm³/mol. The minimum absolute atomic E-state index is 0.123. The number of halogens is 6. The van der Waals surface area contributed by atoms with Gasteiger partial charge in [-0.3, -0.25) is 20.4 Å². The predicted octanol–water partition coefficient (Wildman–Crippen LogP) is 6.98. The lowest BCUT2D eigenvalue weighted by molar-refractivity contribution is -0.117. The summed E-state index contributed by atoms with van der Waals surface area (Å²) in [5.74, 6) is -1.85. The summed E-state index contributed by atoms with van der Waals surface area (Å²) in [5.41, 5.74) is 6.26. The van der Waals surface area contributed by atoms with E-state index in [1.165, 1.54) is 18.3 Å². The minimum Gasteiger partial charge on any atom is -0.326 e. The number of rotatable bonds is 6. The van der Waals surface area contributed by atoms with E-state index in [-0.39, 0.29) is 10.6 Å². The van der Waals surface area contributed by atoms with Gasteiger partial charge in [0.05, 0.1) is 21.5 Å². The molecule has 1 saturated carbocycles. The van der Waals surface area contributed by atoms with E-state index >= 15 is 0 Å². The maximum absolute atomic E-state index is 12.9. The fourth-order valence-electron chi connectivity index (χ4n) is 3.46. The van der Waals surface area contributed by atoms with E-state index in [0.29, 0.717) is 32.1 Å². The number of nitrogens with one attached hydrogen (secondary N) is 3. The summed E-state index contributed by atoms with van der Waals surface area (Å²) in [7, 11) is 0. The second-order valence-electron chi connectivity index (χ2n) is 7.46. The van der Waals surface area contributed by atoms with E-state index in [1.54, 1.807) is 36.4 Å². The molecule has 1 fully saturated rings. The molecule has 176 valence electrons. The van der Waals surface area contributed by atoms with E-state index in [0.717, 1.165) is 0 Å². The van der Waals surface area contributed by atoms with E-state index in [4.69, 9.17) is 69.6 Å². The Kier molecular flexibility index (Phi) is 7.38. The van der Waals surface area contributed by atoms with Crippen LogP contribution in [0.15, 0.2) is 54.7 Å². The van der Waals surface area contributed by atoms with Crippen LogP contribution < -0.4 is 16.2 Å². The average Bonchev–Trinajstić information content (AvgIpc) is 3.36. The Hall–Kier alpha value is -1.93. The monoisotopic (exact) mass is 576 g/mol. The van der Waals surface area contributed by atoms with Crippen LogP contribution in [0.5, 0.6) is 0 Å². The lowest BCUT2D eigenvalue weighted by Gasteiger charge is -2.11. The molecule has 3 N–H and O–H groups in total. The molecule has 3 aromatic rings. The summed E-state index contributed by atoms with van der Waals surface area (Å²) in [6, 6.07) is 12.6. The highest BCUT2D eigenvalue weighted by Crippen LogP contribution is 2.65. The highest BCUT2D eigenvalue weighted by atomic mass is 35.5. The number of pyridine rings is 1. The number of hydrazine groups is 1. The Morgan fingerprint density at radius 1 is 0.882 bits per heavy atom. The lowest BCUT2D eigenvalue weighted by Crippen LogP contribution is -2.30. The Labute approximate surface area is 224 Å². The van der Waals surface area contributed by atoms with Gasteiger partial charge in [0.25, 0.3) is 5.91 Å². The van der Waals surface area contributed by atoms with Crippen molar-refractivity contribution in [1.29, 1.82) is 0 Å². The molecule has 0 spiro atoms. The summed E-state index contributed by atoms with van der Waals surface area (Å²) >= 11 is 36.9. The summed E-state index contributed by atoms with van der Waals surface area (Å²) in [6.07, 6.45) is 1.43. The van der Waals surface area contributed by atoms with Crippen LogP contribution in [0, 0.1) is 5.92 Å². The first-order valence-corrected chi connectivity index (χ1v) is 11.9. The number of hydrogen-bond donors (Lipinski definition) is 3.